The zero-order valence-corrected chi connectivity index (χ0v) is 8.85. The molecule has 0 heterocycles. The highest BCUT2D eigenvalue weighted by Crippen LogP contribution is 2.11. The van der Waals surface area contributed by atoms with E-state index in [9.17, 15) is 0 Å². The van der Waals surface area contributed by atoms with E-state index in [-0.39, 0.29) is 13.2 Å². The summed E-state index contributed by atoms with van der Waals surface area (Å²) in [7, 11) is 1.63. The summed E-state index contributed by atoms with van der Waals surface area (Å²) < 4.78 is 10.3. The Hall–Kier alpha value is -1.10. The third-order valence-corrected chi connectivity index (χ3v) is 2.01. The van der Waals surface area contributed by atoms with Crippen LogP contribution in [0.25, 0.3) is 0 Å². The number of hydrogen-bond acceptors (Lipinski definition) is 4. The van der Waals surface area contributed by atoms with Crippen LogP contribution in [0.2, 0.25) is 0 Å². The topological polar surface area (TPSA) is 64.7 Å². The average molecular weight is 211 g/mol. The van der Waals surface area contributed by atoms with Crippen molar-refractivity contribution in [1.29, 1.82) is 0 Å². The molecule has 0 fully saturated rings. The second-order valence-electron chi connectivity index (χ2n) is 3.25. The summed E-state index contributed by atoms with van der Waals surface area (Å²) in [6, 6.07) is 7.59. The van der Waals surface area contributed by atoms with Crippen molar-refractivity contribution in [2.24, 2.45) is 5.73 Å². The molecule has 0 bridgehead atoms. The molecule has 0 amide bonds. The standard InChI is InChI=1S/C11H17NO3/c1-14-11-4-2-9(3-5-11)7-15-8-10(13)6-12/h2-5,10,13H,6-8,12H2,1H3/t10-/m1/s1. The third-order valence-electron chi connectivity index (χ3n) is 2.01. The molecule has 0 saturated heterocycles. The summed E-state index contributed by atoms with van der Waals surface area (Å²) in [6.45, 7) is 0.964. The number of aliphatic hydroxyl groups is 1. The molecule has 1 atom stereocenters. The monoisotopic (exact) mass is 211 g/mol. The Balaban J connectivity index is 2.31. The smallest absolute Gasteiger partial charge is 0.118 e. The summed E-state index contributed by atoms with van der Waals surface area (Å²) in [6.07, 6.45) is -0.580. The van der Waals surface area contributed by atoms with Crippen LogP contribution in [0, 0.1) is 0 Å². The van der Waals surface area contributed by atoms with E-state index < -0.39 is 6.10 Å². The Labute approximate surface area is 89.6 Å². The first kappa shape index (κ1) is 12.0. The van der Waals surface area contributed by atoms with Crippen molar-refractivity contribution in [3.8, 4) is 5.75 Å². The van der Waals surface area contributed by atoms with E-state index in [1.54, 1.807) is 7.11 Å². The van der Waals surface area contributed by atoms with E-state index in [2.05, 4.69) is 0 Å². The third kappa shape index (κ3) is 4.29. The minimum absolute atomic E-state index is 0.225. The molecule has 15 heavy (non-hydrogen) atoms. The van der Waals surface area contributed by atoms with E-state index in [0.29, 0.717) is 6.61 Å². The number of nitrogens with two attached hydrogens (primary N) is 1. The van der Waals surface area contributed by atoms with Crippen molar-refractivity contribution in [3.63, 3.8) is 0 Å². The quantitative estimate of drug-likeness (QED) is 0.720. The van der Waals surface area contributed by atoms with E-state index in [4.69, 9.17) is 20.3 Å². The lowest BCUT2D eigenvalue weighted by molar-refractivity contribution is 0.0329. The second kappa shape index (κ2) is 6.40. The molecule has 0 spiro atoms. The molecule has 0 radical (unpaired) electrons. The molecule has 1 aromatic carbocycles. The number of aliphatic hydroxyl groups excluding tert-OH is 1. The normalized spacial score (nSPS) is 12.5. The van der Waals surface area contributed by atoms with Gasteiger partial charge in [0, 0.05) is 6.54 Å². The van der Waals surface area contributed by atoms with Crippen LogP contribution in [-0.4, -0.2) is 31.5 Å². The molecule has 0 aliphatic rings. The number of hydrogen-bond donors (Lipinski definition) is 2. The molecule has 4 nitrogen and oxygen atoms in total. The first-order valence-electron chi connectivity index (χ1n) is 4.85. The molecule has 0 unspecified atom stereocenters. The highest BCUT2D eigenvalue weighted by Gasteiger charge is 2.01. The van der Waals surface area contributed by atoms with Gasteiger partial charge in [0.25, 0.3) is 0 Å². The summed E-state index contributed by atoms with van der Waals surface area (Å²) in [5.41, 5.74) is 6.28. The van der Waals surface area contributed by atoms with Crippen LogP contribution >= 0.6 is 0 Å². The summed E-state index contributed by atoms with van der Waals surface area (Å²) in [4.78, 5) is 0. The highest BCUT2D eigenvalue weighted by atomic mass is 16.5. The Morgan fingerprint density at radius 2 is 2.00 bits per heavy atom. The van der Waals surface area contributed by atoms with E-state index in [1.807, 2.05) is 24.3 Å². The molecule has 0 saturated carbocycles. The number of ether oxygens (including phenoxy) is 2. The lowest BCUT2D eigenvalue weighted by Gasteiger charge is -2.08. The maximum absolute atomic E-state index is 9.15. The van der Waals surface area contributed by atoms with Crippen molar-refractivity contribution < 1.29 is 14.6 Å². The van der Waals surface area contributed by atoms with Crippen molar-refractivity contribution in [2.45, 2.75) is 12.7 Å². The van der Waals surface area contributed by atoms with Gasteiger partial charge >= 0.3 is 0 Å². The van der Waals surface area contributed by atoms with E-state index in [1.165, 1.54) is 0 Å². The molecule has 84 valence electrons. The molecule has 3 N–H and O–H groups in total. The molecule has 1 aromatic rings. The fraction of sp³-hybridized carbons (Fsp3) is 0.455. The first-order chi connectivity index (χ1) is 7.26. The molecule has 4 heteroatoms. The van der Waals surface area contributed by atoms with Gasteiger partial charge in [0.15, 0.2) is 0 Å². The van der Waals surface area contributed by atoms with Crippen LogP contribution in [0.3, 0.4) is 0 Å². The van der Waals surface area contributed by atoms with Gasteiger partial charge in [-0.1, -0.05) is 12.1 Å². The van der Waals surface area contributed by atoms with Gasteiger partial charge < -0.3 is 20.3 Å². The fourth-order valence-electron chi connectivity index (χ4n) is 1.10. The van der Waals surface area contributed by atoms with Gasteiger partial charge in [-0.05, 0) is 17.7 Å². The van der Waals surface area contributed by atoms with Gasteiger partial charge in [0.2, 0.25) is 0 Å². The SMILES string of the molecule is COc1ccc(COC[C@H](O)CN)cc1. The fourth-order valence-corrected chi connectivity index (χ4v) is 1.10. The average Bonchev–Trinajstić information content (AvgIpc) is 2.29. The zero-order valence-electron chi connectivity index (χ0n) is 8.85. The van der Waals surface area contributed by atoms with E-state index in [0.717, 1.165) is 11.3 Å². The molecule has 1 rings (SSSR count). The van der Waals surface area contributed by atoms with Crippen LogP contribution in [0.4, 0.5) is 0 Å². The Morgan fingerprint density at radius 1 is 1.33 bits per heavy atom. The van der Waals surface area contributed by atoms with Gasteiger partial charge in [0.1, 0.15) is 5.75 Å². The largest absolute Gasteiger partial charge is 0.497 e. The summed E-state index contributed by atoms with van der Waals surface area (Å²) in [5, 5.41) is 9.15. The molecule has 0 aliphatic heterocycles. The Bertz CT molecular complexity index is 274. The van der Waals surface area contributed by atoms with Crippen LogP contribution in [0.15, 0.2) is 24.3 Å². The van der Waals surface area contributed by atoms with Gasteiger partial charge in [-0.15, -0.1) is 0 Å². The number of rotatable bonds is 6. The van der Waals surface area contributed by atoms with Crippen molar-refractivity contribution in [3.05, 3.63) is 29.8 Å². The Morgan fingerprint density at radius 3 is 2.53 bits per heavy atom. The number of benzene rings is 1. The Kier molecular flexibility index (Phi) is 5.10. The van der Waals surface area contributed by atoms with E-state index >= 15 is 0 Å². The van der Waals surface area contributed by atoms with Crippen LogP contribution < -0.4 is 10.5 Å². The van der Waals surface area contributed by atoms with Crippen LogP contribution in [0.5, 0.6) is 5.75 Å². The van der Waals surface area contributed by atoms with Crippen molar-refractivity contribution >= 4 is 0 Å². The predicted octanol–water partition coefficient (Wildman–Crippen LogP) is 0.531. The highest BCUT2D eigenvalue weighted by molar-refractivity contribution is 5.26. The lowest BCUT2D eigenvalue weighted by Crippen LogP contribution is -2.24. The second-order valence-corrected chi connectivity index (χ2v) is 3.25. The van der Waals surface area contributed by atoms with Crippen LogP contribution in [0.1, 0.15) is 5.56 Å². The van der Waals surface area contributed by atoms with Gasteiger partial charge in [-0.3, -0.25) is 0 Å². The maximum Gasteiger partial charge on any atom is 0.118 e. The van der Waals surface area contributed by atoms with Crippen molar-refractivity contribution in [1.82, 2.24) is 0 Å². The molecular formula is C11H17NO3. The lowest BCUT2D eigenvalue weighted by atomic mass is 10.2. The minimum atomic E-state index is -0.580. The van der Waals surface area contributed by atoms with Gasteiger partial charge in [-0.25, -0.2) is 0 Å². The van der Waals surface area contributed by atoms with Gasteiger partial charge in [0.05, 0.1) is 26.4 Å². The number of methoxy groups -OCH3 is 1. The maximum atomic E-state index is 9.15. The summed E-state index contributed by atoms with van der Waals surface area (Å²) in [5.74, 6) is 0.820. The summed E-state index contributed by atoms with van der Waals surface area (Å²) >= 11 is 0. The molecule has 0 aliphatic carbocycles. The molecular weight excluding hydrogens is 194 g/mol. The molecule has 0 aromatic heterocycles. The predicted molar refractivity (Wildman–Crippen MR) is 57.7 cm³/mol. The van der Waals surface area contributed by atoms with Crippen LogP contribution in [-0.2, 0) is 11.3 Å². The minimum Gasteiger partial charge on any atom is -0.497 e. The van der Waals surface area contributed by atoms with Gasteiger partial charge in [-0.2, -0.15) is 0 Å². The first-order valence-corrected chi connectivity index (χ1v) is 4.85. The zero-order chi connectivity index (χ0) is 11.1. The van der Waals surface area contributed by atoms with Crippen molar-refractivity contribution in [2.75, 3.05) is 20.3 Å².